The molecule has 0 radical (unpaired) electrons. The molecule has 0 unspecified atom stereocenters. The number of nitrogens with zero attached hydrogens (tertiary/aromatic N) is 2. The van der Waals surface area contributed by atoms with Crippen LogP contribution < -0.4 is 0 Å². The van der Waals surface area contributed by atoms with Crippen LogP contribution in [0.25, 0.3) is 0 Å². The average Bonchev–Trinajstić information content (AvgIpc) is 2.30. The molecule has 2 nitrogen and oxygen atoms in total. The van der Waals surface area contributed by atoms with Crippen LogP contribution in [0.1, 0.15) is 5.56 Å². The fourth-order valence-electron chi connectivity index (χ4n) is 2.01. The van der Waals surface area contributed by atoms with Gasteiger partial charge in [0.05, 0.1) is 0 Å². The van der Waals surface area contributed by atoms with Crippen LogP contribution in [-0.4, -0.2) is 49.6 Å². The van der Waals surface area contributed by atoms with Crippen LogP contribution in [0, 0.1) is 5.82 Å². The monoisotopic (exact) mass is 222 g/mol. The van der Waals surface area contributed by atoms with Crippen molar-refractivity contribution in [2.24, 2.45) is 0 Å². The highest BCUT2D eigenvalue weighted by Crippen LogP contribution is 2.06. The Morgan fingerprint density at radius 2 is 1.69 bits per heavy atom. The van der Waals surface area contributed by atoms with Gasteiger partial charge >= 0.3 is 0 Å². The van der Waals surface area contributed by atoms with Crippen LogP contribution in [0.5, 0.6) is 0 Å². The Bertz CT molecular complexity index is 315. The molecule has 1 saturated heterocycles. The normalized spacial score (nSPS) is 18.9. The topological polar surface area (TPSA) is 6.48 Å². The van der Waals surface area contributed by atoms with Crippen LogP contribution in [0.2, 0.25) is 0 Å². The summed E-state index contributed by atoms with van der Waals surface area (Å²) in [5, 5.41) is 0. The van der Waals surface area contributed by atoms with Crippen molar-refractivity contribution in [1.82, 2.24) is 9.80 Å². The van der Waals surface area contributed by atoms with Gasteiger partial charge in [0.25, 0.3) is 0 Å². The van der Waals surface area contributed by atoms with E-state index in [2.05, 4.69) is 16.8 Å². The lowest BCUT2D eigenvalue weighted by atomic mass is 10.1. The predicted octanol–water partition coefficient (Wildman–Crippen LogP) is 1.62. The molecule has 1 aromatic rings. The predicted molar refractivity (Wildman–Crippen MR) is 64.0 cm³/mol. The summed E-state index contributed by atoms with van der Waals surface area (Å²) < 4.78 is 12.7. The van der Waals surface area contributed by atoms with Crippen molar-refractivity contribution in [3.05, 3.63) is 35.6 Å². The molecule has 88 valence electrons. The van der Waals surface area contributed by atoms with Gasteiger partial charge in [-0.3, -0.25) is 0 Å². The van der Waals surface area contributed by atoms with E-state index in [0.717, 1.165) is 39.1 Å². The molecule has 1 aliphatic heterocycles. The molecule has 0 N–H and O–H groups in total. The SMILES string of the molecule is CN1CCN(CCc2ccc(F)cc2)CC1. The van der Waals surface area contributed by atoms with Gasteiger partial charge < -0.3 is 9.80 Å². The first-order chi connectivity index (χ1) is 7.74. The molecule has 0 saturated carbocycles. The lowest BCUT2D eigenvalue weighted by molar-refractivity contribution is 0.155. The van der Waals surface area contributed by atoms with E-state index in [1.54, 1.807) is 12.1 Å². The van der Waals surface area contributed by atoms with E-state index in [4.69, 9.17) is 0 Å². The summed E-state index contributed by atoms with van der Waals surface area (Å²) in [4.78, 5) is 4.83. The summed E-state index contributed by atoms with van der Waals surface area (Å²) in [5.41, 5.74) is 1.22. The molecule has 0 amide bonds. The van der Waals surface area contributed by atoms with Crippen LogP contribution in [0.4, 0.5) is 4.39 Å². The fraction of sp³-hybridized carbons (Fsp3) is 0.538. The minimum atomic E-state index is -0.150. The first-order valence-electron chi connectivity index (χ1n) is 5.89. The van der Waals surface area contributed by atoms with Gasteiger partial charge in [-0.05, 0) is 31.2 Å². The Balaban J connectivity index is 1.77. The van der Waals surface area contributed by atoms with Crippen molar-refractivity contribution in [2.75, 3.05) is 39.8 Å². The Morgan fingerprint density at radius 3 is 2.31 bits per heavy atom. The molecule has 0 spiro atoms. The molecule has 0 aromatic heterocycles. The summed E-state index contributed by atoms with van der Waals surface area (Å²) in [6, 6.07) is 6.84. The number of piperazine rings is 1. The van der Waals surface area contributed by atoms with Crippen molar-refractivity contribution in [3.8, 4) is 0 Å². The molecule has 1 fully saturated rings. The van der Waals surface area contributed by atoms with Crippen LogP contribution in [-0.2, 0) is 6.42 Å². The summed E-state index contributed by atoms with van der Waals surface area (Å²) in [7, 11) is 2.16. The second kappa shape index (κ2) is 5.41. The fourth-order valence-corrected chi connectivity index (χ4v) is 2.01. The minimum Gasteiger partial charge on any atom is -0.304 e. The van der Waals surface area contributed by atoms with Crippen molar-refractivity contribution < 1.29 is 4.39 Å². The number of halogens is 1. The highest BCUT2D eigenvalue weighted by molar-refractivity contribution is 5.16. The Labute approximate surface area is 96.7 Å². The molecular weight excluding hydrogens is 203 g/mol. The van der Waals surface area contributed by atoms with Crippen LogP contribution >= 0.6 is 0 Å². The smallest absolute Gasteiger partial charge is 0.123 e. The molecule has 0 atom stereocenters. The second-order valence-corrected chi connectivity index (χ2v) is 4.52. The van der Waals surface area contributed by atoms with Gasteiger partial charge in [0, 0.05) is 32.7 Å². The van der Waals surface area contributed by atoms with Gasteiger partial charge in [0.1, 0.15) is 5.82 Å². The second-order valence-electron chi connectivity index (χ2n) is 4.52. The molecule has 0 bridgehead atoms. The molecule has 16 heavy (non-hydrogen) atoms. The van der Waals surface area contributed by atoms with Crippen molar-refractivity contribution in [2.45, 2.75) is 6.42 Å². The van der Waals surface area contributed by atoms with Gasteiger partial charge in [0.15, 0.2) is 0 Å². The maximum atomic E-state index is 12.7. The molecule has 3 heteroatoms. The Kier molecular flexibility index (Phi) is 3.91. The lowest BCUT2D eigenvalue weighted by Gasteiger charge is -2.32. The summed E-state index contributed by atoms with van der Waals surface area (Å²) in [5.74, 6) is -0.150. The minimum absolute atomic E-state index is 0.150. The highest BCUT2D eigenvalue weighted by atomic mass is 19.1. The number of likely N-dealkylation sites (N-methyl/N-ethyl adjacent to an activating group) is 1. The molecule has 1 aromatic carbocycles. The average molecular weight is 222 g/mol. The Hall–Kier alpha value is -0.930. The Morgan fingerprint density at radius 1 is 1.06 bits per heavy atom. The van der Waals surface area contributed by atoms with Crippen LogP contribution in [0.15, 0.2) is 24.3 Å². The van der Waals surface area contributed by atoms with Gasteiger partial charge in [-0.2, -0.15) is 0 Å². The molecule has 0 aliphatic carbocycles. The van der Waals surface area contributed by atoms with Gasteiger partial charge in [-0.15, -0.1) is 0 Å². The molecule has 2 rings (SSSR count). The maximum absolute atomic E-state index is 12.7. The molecular formula is C13H19FN2. The number of hydrogen-bond donors (Lipinski definition) is 0. The zero-order valence-corrected chi connectivity index (χ0v) is 9.82. The number of rotatable bonds is 3. The first kappa shape index (κ1) is 11.6. The van der Waals surface area contributed by atoms with E-state index in [0.29, 0.717) is 0 Å². The molecule has 1 aliphatic rings. The van der Waals surface area contributed by atoms with E-state index in [-0.39, 0.29) is 5.82 Å². The van der Waals surface area contributed by atoms with Gasteiger partial charge in [-0.1, -0.05) is 12.1 Å². The standard InChI is InChI=1S/C13H19FN2/c1-15-8-10-16(11-9-15)7-6-12-2-4-13(14)5-3-12/h2-5H,6-11H2,1H3. The third-order valence-corrected chi connectivity index (χ3v) is 3.23. The highest BCUT2D eigenvalue weighted by Gasteiger charge is 2.12. The third kappa shape index (κ3) is 3.29. The van der Waals surface area contributed by atoms with Gasteiger partial charge in [0.2, 0.25) is 0 Å². The van der Waals surface area contributed by atoms with Gasteiger partial charge in [-0.25, -0.2) is 4.39 Å². The van der Waals surface area contributed by atoms with Crippen molar-refractivity contribution in [3.63, 3.8) is 0 Å². The van der Waals surface area contributed by atoms with Crippen molar-refractivity contribution >= 4 is 0 Å². The quantitative estimate of drug-likeness (QED) is 0.766. The summed E-state index contributed by atoms with van der Waals surface area (Å²) in [6.07, 6.45) is 1.02. The molecule has 1 heterocycles. The zero-order valence-electron chi connectivity index (χ0n) is 9.82. The maximum Gasteiger partial charge on any atom is 0.123 e. The number of hydrogen-bond acceptors (Lipinski definition) is 2. The lowest BCUT2D eigenvalue weighted by Crippen LogP contribution is -2.45. The largest absolute Gasteiger partial charge is 0.304 e. The van der Waals surface area contributed by atoms with Crippen LogP contribution in [0.3, 0.4) is 0 Å². The van der Waals surface area contributed by atoms with E-state index < -0.39 is 0 Å². The first-order valence-corrected chi connectivity index (χ1v) is 5.89. The van der Waals surface area contributed by atoms with E-state index >= 15 is 0 Å². The third-order valence-electron chi connectivity index (χ3n) is 3.23. The summed E-state index contributed by atoms with van der Waals surface area (Å²) in [6.45, 7) is 5.70. The number of benzene rings is 1. The van der Waals surface area contributed by atoms with E-state index in [1.165, 1.54) is 5.56 Å². The van der Waals surface area contributed by atoms with E-state index in [9.17, 15) is 4.39 Å². The summed E-state index contributed by atoms with van der Waals surface area (Å²) >= 11 is 0. The van der Waals surface area contributed by atoms with Crippen molar-refractivity contribution in [1.29, 1.82) is 0 Å². The zero-order chi connectivity index (χ0) is 11.4. The van der Waals surface area contributed by atoms with E-state index in [1.807, 2.05) is 12.1 Å².